The molecule has 4 heteroatoms. The molecule has 1 aromatic rings. The molecule has 0 aromatic heterocycles. The highest BCUT2D eigenvalue weighted by Gasteiger charge is 2.17. The summed E-state index contributed by atoms with van der Waals surface area (Å²) in [5.74, 6) is -1.34. The minimum absolute atomic E-state index is 0.0993. The normalized spacial score (nSPS) is 14.5. The van der Waals surface area contributed by atoms with Crippen LogP contribution in [0.3, 0.4) is 0 Å². The second-order valence-corrected chi connectivity index (χ2v) is 3.54. The standard InChI is InChI=1S/C12H10F2O2/c13-9-4-3-8(10(14)7-9)6-11(15)12-2-1-5-16-12/h2-4,7H,1,5-6H2. The highest BCUT2D eigenvalue weighted by molar-refractivity contribution is 5.95. The molecule has 0 saturated heterocycles. The van der Waals surface area contributed by atoms with Gasteiger partial charge in [0.2, 0.25) is 5.78 Å². The summed E-state index contributed by atoms with van der Waals surface area (Å²) in [7, 11) is 0. The van der Waals surface area contributed by atoms with Gasteiger partial charge in [-0.3, -0.25) is 4.79 Å². The van der Waals surface area contributed by atoms with Gasteiger partial charge in [0.05, 0.1) is 6.61 Å². The number of ether oxygens (including phenoxy) is 1. The second kappa shape index (κ2) is 4.43. The van der Waals surface area contributed by atoms with Crippen molar-refractivity contribution in [2.45, 2.75) is 12.8 Å². The predicted octanol–water partition coefficient (Wildman–Crippen LogP) is 2.38. The molecule has 0 unspecified atom stereocenters. The number of allylic oxidation sites excluding steroid dienone is 1. The molecule has 2 rings (SSSR count). The topological polar surface area (TPSA) is 26.3 Å². The molecule has 0 atom stereocenters. The summed E-state index contributed by atoms with van der Waals surface area (Å²) in [5.41, 5.74) is 0.183. The van der Waals surface area contributed by atoms with Crippen LogP contribution in [-0.2, 0) is 16.0 Å². The van der Waals surface area contributed by atoms with Crippen molar-refractivity contribution in [3.05, 3.63) is 47.2 Å². The van der Waals surface area contributed by atoms with E-state index in [0.717, 1.165) is 12.1 Å². The fraction of sp³-hybridized carbons (Fsp3) is 0.250. The lowest BCUT2D eigenvalue weighted by Crippen LogP contribution is -2.08. The first-order valence-corrected chi connectivity index (χ1v) is 4.97. The molecule has 1 heterocycles. The smallest absolute Gasteiger partial charge is 0.201 e. The quantitative estimate of drug-likeness (QED) is 0.787. The predicted molar refractivity (Wildman–Crippen MR) is 53.7 cm³/mol. The molecule has 84 valence electrons. The van der Waals surface area contributed by atoms with Gasteiger partial charge in [-0.1, -0.05) is 6.07 Å². The van der Waals surface area contributed by atoms with E-state index >= 15 is 0 Å². The number of benzene rings is 1. The van der Waals surface area contributed by atoms with Gasteiger partial charge in [0.25, 0.3) is 0 Å². The summed E-state index contributed by atoms with van der Waals surface area (Å²) < 4.78 is 30.9. The minimum Gasteiger partial charge on any atom is -0.490 e. The molecule has 1 aromatic carbocycles. The molecule has 0 saturated carbocycles. The van der Waals surface area contributed by atoms with E-state index in [0.29, 0.717) is 13.0 Å². The lowest BCUT2D eigenvalue weighted by molar-refractivity contribution is -0.117. The molecule has 1 aliphatic rings. The summed E-state index contributed by atoms with van der Waals surface area (Å²) in [4.78, 5) is 11.6. The zero-order valence-electron chi connectivity index (χ0n) is 8.50. The first kappa shape index (κ1) is 10.8. The van der Waals surface area contributed by atoms with Crippen LogP contribution in [0.5, 0.6) is 0 Å². The van der Waals surface area contributed by atoms with E-state index in [9.17, 15) is 13.6 Å². The number of rotatable bonds is 3. The van der Waals surface area contributed by atoms with E-state index in [1.807, 2.05) is 0 Å². The van der Waals surface area contributed by atoms with Crippen LogP contribution in [0.4, 0.5) is 8.78 Å². The number of carbonyl (C=O) groups excluding carboxylic acids is 1. The van der Waals surface area contributed by atoms with E-state index in [1.54, 1.807) is 6.08 Å². The minimum atomic E-state index is -0.702. The molecule has 2 nitrogen and oxygen atoms in total. The van der Waals surface area contributed by atoms with Gasteiger partial charge >= 0.3 is 0 Å². The Morgan fingerprint density at radius 3 is 2.81 bits per heavy atom. The Kier molecular flexibility index (Phi) is 2.99. The van der Waals surface area contributed by atoms with Crippen molar-refractivity contribution < 1.29 is 18.3 Å². The number of ketones is 1. The van der Waals surface area contributed by atoms with Crippen molar-refractivity contribution >= 4 is 5.78 Å². The molecule has 0 fully saturated rings. The van der Waals surface area contributed by atoms with Gasteiger partial charge in [0, 0.05) is 18.9 Å². The number of hydrogen-bond acceptors (Lipinski definition) is 2. The lowest BCUT2D eigenvalue weighted by atomic mass is 10.1. The summed E-state index contributed by atoms with van der Waals surface area (Å²) in [6.07, 6.45) is 2.29. The Balaban J connectivity index is 2.11. The summed E-state index contributed by atoms with van der Waals surface area (Å²) >= 11 is 0. The molecule has 0 radical (unpaired) electrons. The van der Waals surface area contributed by atoms with Crippen molar-refractivity contribution in [3.63, 3.8) is 0 Å². The third-order valence-corrected chi connectivity index (χ3v) is 2.35. The fourth-order valence-electron chi connectivity index (χ4n) is 1.54. The fourth-order valence-corrected chi connectivity index (χ4v) is 1.54. The number of halogens is 2. The molecule has 1 aliphatic heterocycles. The molecular formula is C12H10F2O2. The van der Waals surface area contributed by atoms with Gasteiger partial charge in [-0.05, 0) is 17.7 Å². The number of carbonyl (C=O) groups is 1. The summed E-state index contributed by atoms with van der Waals surface area (Å²) in [5, 5.41) is 0. The molecule has 16 heavy (non-hydrogen) atoms. The largest absolute Gasteiger partial charge is 0.490 e. The van der Waals surface area contributed by atoms with Crippen molar-refractivity contribution in [2.24, 2.45) is 0 Å². The third-order valence-electron chi connectivity index (χ3n) is 2.35. The zero-order valence-corrected chi connectivity index (χ0v) is 8.50. The van der Waals surface area contributed by atoms with Gasteiger partial charge in [-0.15, -0.1) is 0 Å². The Bertz CT molecular complexity index is 452. The molecule has 0 aliphatic carbocycles. The molecule has 0 bridgehead atoms. The van der Waals surface area contributed by atoms with Crippen LogP contribution in [0, 0.1) is 11.6 Å². The maximum absolute atomic E-state index is 13.2. The zero-order chi connectivity index (χ0) is 11.5. The lowest BCUT2D eigenvalue weighted by Gasteiger charge is -2.04. The van der Waals surface area contributed by atoms with Crippen molar-refractivity contribution in [1.29, 1.82) is 0 Å². The first-order valence-electron chi connectivity index (χ1n) is 4.97. The average molecular weight is 224 g/mol. The summed E-state index contributed by atoms with van der Waals surface area (Å²) in [6, 6.07) is 3.18. The monoisotopic (exact) mass is 224 g/mol. The Labute approximate surface area is 91.5 Å². The van der Waals surface area contributed by atoms with Gasteiger partial charge in [-0.2, -0.15) is 0 Å². The van der Waals surface area contributed by atoms with Crippen LogP contribution in [0.2, 0.25) is 0 Å². The molecule has 0 spiro atoms. The maximum Gasteiger partial charge on any atom is 0.201 e. The van der Waals surface area contributed by atoms with Crippen LogP contribution < -0.4 is 0 Å². The van der Waals surface area contributed by atoms with Crippen molar-refractivity contribution in [1.82, 2.24) is 0 Å². The van der Waals surface area contributed by atoms with E-state index in [1.165, 1.54) is 6.07 Å². The van der Waals surface area contributed by atoms with Crippen LogP contribution in [0.15, 0.2) is 30.0 Å². The Morgan fingerprint density at radius 2 is 2.19 bits per heavy atom. The SMILES string of the molecule is O=C(Cc1ccc(F)cc1F)C1=CCCO1. The number of hydrogen-bond donors (Lipinski definition) is 0. The van der Waals surface area contributed by atoms with Crippen LogP contribution >= 0.6 is 0 Å². The van der Waals surface area contributed by atoms with Crippen molar-refractivity contribution in [2.75, 3.05) is 6.61 Å². The van der Waals surface area contributed by atoms with E-state index in [-0.39, 0.29) is 23.5 Å². The highest BCUT2D eigenvalue weighted by Crippen LogP contribution is 2.16. The average Bonchev–Trinajstić information content (AvgIpc) is 2.75. The maximum atomic E-state index is 13.2. The first-order chi connectivity index (χ1) is 7.66. The third kappa shape index (κ3) is 2.27. The van der Waals surface area contributed by atoms with Crippen LogP contribution in [-0.4, -0.2) is 12.4 Å². The Hall–Kier alpha value is -1.71. The van der Waals surface area contributed by atoms with E-state index in [2.05, 4.69) is 0 Å². The van der Waals surface area contributed by atoms with Crippen LogP contribution in [0.25, 0.3) is 0 Å². The molecule has 0 N–H and O–H groups in total. The number of Topliss-reactive ketones (excluding diaryl/α,β-unsaturated/α-hetero) is 1. The van der Waals surface area contributed by atoms with E-state index < -0.39 is 11.6 Å². The van der Waals surface area contributed by atoms with E-state index in [4.69, 9.17) is 4.74 Å². The van der Waals surface area contributed by atoms with Gasteiger partial charge in [0.15, 0.2) is 5.76 Å². The molecular weight excluding hydrogens is 214 g/mol. The highest BCUT2D eigenvalue weighted by atomic mass is 19.1. The molecule has 0 amide bonds. The van der Waals surface area contributed by atoms with Gasteiger partial charge in [0.1, 0.15) is 11.6 Å². The summed E-state index contributed by atoms with van der Waals surface area (Å²) in [6.45, 7) is 0.493. The van der Waals surface area contributed by atoms with Crippen molar-refractivity contribution in [3.8, 4) is 0 Å². The van der Waals surface area contributed by atoms with Gasteiger partial charge < -0.3 is 4.74 Å². The Morgan fingerprint density at radius 1 is 1.38 bits per heavy atom. The van der Waals surface area contributed by atoms with Gasteiger partial charge in [-0.25, -0.2) is 8.78 Å². The second-order valence-electron chi connectivity index (χ2n) is 3.54. The van der Waals surface area contributed by atoms with Crippen LogP contribution in [0.1, 0.15) is 12.0 Å².